The molecule has 0 unspecified atom stereocenters. The van der Waals surface area contributed by atoms with Crippen LogP contribution >= 0.6 is 0 Å². The number of hydrogen-bond donors (Lipinski definition) is 0. The van der Waals surface area contributed by atoms with Crippen LogP contribution in [0.3, 0.4) is 0 Å². The van der Waals surface area contributed by atoms with Crippen molar-refractivity contribution in [2.45, 2.75) is 19.3 Å². The largest absolute Gasteiger partial charge is 0.377 e. The number of hydrogen-bond acceptors (Lipinski definition) is 1. The summed E-state index contributed by atoms with van der Waals surface area (Å²) in [6, 6.07) is 36.6. The van der Waals surface area contributed by atoms with Crippen molar-refractivity contribution in [1.82, 2.24) is 0 Å². The summed E-state index contributed by atoms with van der Waals surface area (Å²) in [5, 5.41) is 8.23. The fourth-order valence-corrected chi connectivity index (χ4v) is 6.71. The standard InChI is InChI=1S/C33H28BN/c1-33(2)25-12-8-9-13-27(25)34(23-10-6-5-7-11-23)28-20-22-16-19-29(35(3)4)24-17-14-21-15-18-26(33)32(28)31(21)30(22)24/h5-20H,1-4H3. The fourth-order valence-electron chi connectivity index (χ4n) is 6.71. The van der Waals surface area contributed by atoms with Gasteiger partial charge in [-0.25, -0.2) is 0 Å². The van der Waals surface area contributed by atoms with Crippen molar-refractivity contribution in [3.8, 4) is 0 Å². The van der Waals surface area contributed by atoms with E-state index in [0.717, 1.165) is 0 Å². The van der Waals surface area contributed by atoms with Gasteiger partial charge in [0.05, 0.1) is 0 Å². The molecule has 0 spiro atoms. The number of anilines is 1. The molecule has 1 nitrogen and oxygen atoms in total. The molecular formula is C33H28BN. The second-order valence-electron chi connectivity index (χ2n) is 10.8. The lowest BCUT2D eigenvalue weighted by molar-refractivity contribution is 0.652. The Morgan fingerprint density at radius 1 is 0.600 bits per heavy atom. The minimum absolute atomic E-state index is 0.110. The van der Waals surface area contributed by atoms with E-state index in [4.69, 9.17) is 0 Å². The Morgan fingerprint density at radius 3 is 2.11 bits per heavy atom. The van der Waals surface area contributed by atoms with Crippen LogP contribution in [-0.2, 0) is 5.41 Å². The molecule has 0 N–H and O–H groups in total. The molecule has 0 atom stereocenters. The number of nitrogens with zero attached hydrogens (tertiary/aromatic N) is 1. The summed E-state index contributed by atoms with van der Waals surface area (Å²) < 4.78 is 0. The Morgan fingerprint density at radius 2 is 1.31 bits per heavy atom. The first-order valence-corrected chi connectivity index (χ1v) is 12.5. The smallest absolute Gasteiger partial charge is 0.242 e. The minimum atomic E-state index is -0.110. The van der Waals surface area contributed by atoms with Crippen molar-refractivity contribution in [3.63, 3.8) is 0 Å². The zero-order chi connectivity index (χ0) is 23.9. The molecule has 0 bridgehead atoms. The van der Waals surface area contributed by atoms with Crippen LogP contribution in [0, 0.1) is 0 Å². The highest BCUT2D eigenvalue weighted by Gasteiger charge is 2.38. The van der Waals surface area contributed by atoms with Crippen LogP contribution in [-0.4, -0.2) is 20.8 Å². The predicted molar refractivity (Wildman–Crippen MR) is 154 cm³/mol. The quantitative estimate of drug-likeness (QED) is 0.238. The molecule has 7 rings (SSSR count). The normalized spacial score (nSPS) is 14.5. The van der Waals surface area contributed by atoms with Gasteiger partial charge in [-0.05, 0) is 44.1 Å². The second-order valence-corrected chi connectivity index (χ2v) is 10.8. The molecule has 1 aliphatic heterocycles. The fraction of sp³-hybridized carbons (Fsp3) is 0.152. The number of fused-ring (bicyclic) bond motifs is 1. The van der Waals surface area contributed by atoms with E-state index in [2.05, 4.69) is 130 Å². The first kappa shape index (κ1) is 20.6. The van der Waals surface area contributed by atoms with E-state index in [1.807, 2.05) is 0 Å². The summed E-state index contributed by atoms with van der Waals surface area (Å²) in [7, 11) is 4.28. The van der Waals surface area contributed by atoms with Gasteiger partial charge in [0.1, 0.15) is 0 Å². The van der Waals surface area contributed by atoms with Gasteiger partial charge in [-0.1, -0.05) is 121 Å². The third kappa shape index (κ3) is 2.71. The zero-order valence-corrected chi connectivity index (χ0v) is 20.8. The minimum Gasteiger partial charge on any atom is -0.377 e. The summed E-state index contributed by atoms with van der Waals surface area (Å²) in [4.78, 5) is 2.23. The topological polar surface area (TPSA) is 3.24 Å². The molecule has 0 amide bonds. The van der Waals surface area contributed by atoms with Gasteiger partial charge in [-0.15, -0.1) is 0 Å². The molecule has 0 aliphatic carbocycles. The van der Waals surface area contributed by atoms with E-state index in [-0.39, 0.29) is 12.1 Å². The Bertz CT molecular complexity index is 1750. The highest BCUT2D eigenvalue weighted by Crippen LogP contribution is 2.44. The maximum absolute atomic E-state index is 2.49. The van der Waals surface area contributed by atoms with Gasteiger partial charge in [0.15, 0.2) is 0 Å². The van der Waals surface area contributed by atoms with Crippen molar-refractivity contribution < 1.29 is 0 Å². The highest BCUT2D eigenvalue weighted by atomic mass is 15.1. The van der Waals surface area contributed by atoms with Crippen LogP contribution in [0.5, 0.6) is 0 Å². The van der Waals surface area contributed by atoms with E-state index in [1.165, 1.54) is 65.5 Å². The summed E-state index contributed by atoms with van der Waals surface area (Å²) in [5.41, 5.74) is 8.21. The van der Waals surface area contributed by atoms with Gasteiger partial charge in [0.25, 0.3) is 0 Å². The maximum atomic E-state index is 2.49. The molecule has 0 saturated carbocycles. The van der Waals surface area contributed by atoms with Gasteiger partial charge >= 0.3 is 0 Å². The Balaban J connectivity index is 1.75. The van der Waals surface area contributed by atoms with Crippen LogP contribution in [0.2, 0.25) is 0 Å². The van der Waals surface area contributed by atoms with Crippen molar-refractivity contribution in [2.75, 3.05) is 19.0 Å². The summed E-state index contributed by atoms with van der Waals surface area (Å²) in [6.45, 7) is 5.00. The highest BCUT2D eigenvalue weighted by molar-refractivity contribution is 6.97. The average molecular weight is 449 g/mol. The Kier molecular flexibility index (Phi) is 4.19. The lowest BCUT2D eigenvalue weighted by atomic mass is 9.35. The molecule has 1 aliphatic rings. The Hall–Kier alpha value is -3.78. The number of benzene rings is 6. The van der Waals surface area contributed by atoms with Gasteiger partial charge in [-0.2, -0.15) is 0 Å². The first-order valence-electron chi connectivity index (χ1n) is 12.5. The van der Waals surface area contributed by atoms with E-state index < -0.39 is 0 Å². The molecule has 2 heteroatoms. The first-order chi connectivity index (χ1) is 17.0. The van der Waals surface area contributed by atoms with Crippen molar-refractivity contribution in [3.05, 3.63) is 108 Å². The summed E-state index contributed by atoms with van der Waals surface area (Å²) in [5.74, 6) is 0. The molecule has 6 aromatic rings. The van der Waals surface area contributed by atoms with Gasteiger partial charge < -0.3 is 4.90 Å². The van der Waals surface area contributed by atoms with Crippen LogP contribution in [0.4, 0.5) is 5.69 Å². The van der Waals surface area contributed by atoms with Crippen LogP contribution < -0.4 is 21.3 Å². The molecule has 0 aromatic heterocycles. The molecular weight excluding hydrogens is 421 g/mol. The van der Waals surface area contributed by atoms with Crippen LogP contribution in [0.25, 0.3) is 32.3 Å². The predicted octanol–water partition coefficient (Wildman–Crippen LogP) is 5.81. The molecule has 0 radical (unpaired) electrons. The van der Waals surface area contributed by atoms with E-state index in [0.29, 0.717) is 0 Å². The van der Waals surface area contributed by atoms with Crippen molar-refractivity contribution in [1.29, 1.82) is 0 Å². The lowest BCUT2D eigenvalue weighted by Gasteiger charge is -2.29. The zero-order valence-electron chi connectivity index (χ0n) is 20.8. The monoisotopic (exact) mass is 449 g/mol. The van der Waals surface area contributed by atoms with E-state index in [1.54, 1.807) is 0 Å². The Labute approximate surface area is 207 Å². The molecule has 0 saturated heterocycles. The van der Waals surface area contributed by atoms with Gasteiger partial charge in [0, 0.05) is 30.6 Å². The van der Waals surface area contributed by atoms with Crippen LogP contribution in [0.1, 0.15) is 25.0 Å². The van der Waals surface area contributed by atoms with Crippen molar-refractivity contribution >= 4 is 61.1 Å². The summed E-state index contributed by atoms with van der Waals surface area (Å²) in [6.07, 6.45) is 0. The second kappa shape index (κ2) is 7.12. The molecule has 168 valence electrons. The molecule has 35 heavy (non-hydrogen) atoms. The van der Waals surface area contributed by atoms with Crippen molar-refractivity contribution in [2.24, 2.45) is 0 Å². The molecule has 1 heterocycles. The SMILES string of the molecule is CN(C)c1ccc2cc3c4c(ccc5ccc1c2c54)C(C)(C)c1ccccc1B3c1ccccc1. The van der Waals surface area contributed by atoms with Gasteiger partial charge in [-0.3, -0.25) is 0 Å². The molecule has 6 aromatic carbocycles. The maximum Gasteiger partial charge on any atom is 0.242 e. The molecule has 0 fully saturated rings. The van der Waals surface area contributed by atoms with E-state index in [9.17, 15) is 0 Å². The third-order valence-corrected chi connectivity index (χ3v) is 8.32. The average Bonchev–Trinajstić information content (AvgIpc) is 2.95. The van der Waals surface area contributed by atoms with Gasteiger partial charge in [0.2, 0.25) is 6.71 Å². The lowest BCUT2D eigenvalue weighted by Crippen LogP contribution is -2.53. The van der Waals surface area contributed by atoms with Crippen LogP contribution in [0.15, 0.2) is 97.1 Å². The van der Waals surface area contributed by atoms with E-state index >= 15 is 0 Å². The third-order valence-electron chi connectivity index (χ3n) is 8.32. The summed E-state index contributed by atoms with van der Waals surface area (Å²) >= 11 is 0. The number of rotatable bonds is 2.